The summed E-state index contributed by atoms with van der Waals surface area (Å²) < 4.78 is 17.2. The Labute approximate surface area is 67.4 Å². The Morgan fingerprint density at radius 1 is 1.45 bits per heavy atom. The Balaban J connectivity index is 0.000000461. The summed E-state index contributed by atoms with van der Waals surface area (Å²) in [6.45, 7) is 4.18. The molecule has 2 unspecified atom stereocenters. The van der Waals surface area contributed by atoms with Crippen LogP contribution >= 0.6 is 0 Å². The van der Waals surface area contributed by atoms with Gasteiger partial charge in [-0.05, 0) is 12.8 Å². The van der Waals surface area contributed by atoms with Crippen molar-refractivity contribution in [2.45, 2.75) is 39.0 Å². The maximum Gasteiger partial charge on any atom is 0.123 e. The summed E-state index contributed by atoms with van der Waals surface area (Å²) >= 11 is 0. The monoisotopic (exact) mass is 164 g/mol. The molecule has 0 radical (unpaired) electrons. The van der Waals surface area contributed by atoms with Gasteiger partial charge >= 0.3 is 0 Å². The molecule has 1 N–H and O–H groups in total. The molecule has 0 aromatic rings. The van der Waals surface area contributed by atoms with Crippen molar-refractivity contribution in [1.29, 1.82) is 0 Å². The second-order valence-corrected chi connectivity index (χ2v) is 2.31. The second-order valence-electron chi connectivity index (χ2n) is 2.31. The molecule has 1 saturated heterocycles. The van der Waals surface area contributed by atoms with Crippen LogP contribution in [-0.4, -0.2) is 30.6 Å². The van der Waals surface area contributed by atoms with Crippen molar-refractivity contribution in [3.63, 3.8) is 0 Å². The molecule has 2 atom stereocenters. The van der Waals surface area contributed by atoms with Crippen LogP contribution in [0.2, 0.25) is 0 Å². The first-order chi connectivity index (χ1) is 5.33. The third-order valence-corrected chi connectivity index (χ3v) is 1.52. The van der Waals surface area contributed by atoms with Gasteiger partial charge in [-0.15, -0.1) is 0 Å². The Morgan fingerprint density at radius 3 is 2.45 bits per heavy atom. The molecule has 0 spiro atoms. The maximum absolute atomic E-state index is 12.3. The van der Waals surface area contributed by atoms with Crippen LogP contribution in [0, 0.1) is 0 Å². The van der Waals surface area contributed by atoms with Gasteiger partial charge in [-0.1, -0.05) is 13.8 Å². The summed E-state index contributed by atoms with van der Waals surface area (Å²) in [5.41, 5.74) is 0. The molecule has 2 nitrogen and oxygen atoms in total. The van der Waals surface area contributed by atoms with E-state index in [1.165, 1.54) is 0 Å². The van der Waals surface area contributed by atoms with E-state index in [4.69, 9.17) is 9.84 Å². The highest BCUT2D eigenvalue weighted by atomic mass is 19.1. The lowest BCUT2D eigenvalue weighted by molar-refractivity contribution is -0.0503. The van der Waals surface area contributed by atoms with Gasteiger partial charge in [0.05, 0.1) is 19.3 Å². The van der Waals surface area contributed by atoms with Crippen LogP contribution in [-0.2, 0) is 4.74 Å². The molecule has 0 saturated carbocycles. The minimum absolute atomic E-state index is 0.0206. The average Bonchev–Trinajstić information content (AvgIpc) is 2.10. The van der Waals surface area contributed by atoms with Gasteiger partial charge in [-0.25, -0.2) is 4.39 Å². The third kappa shape index (κ3) is 4.32. The number of aliphatic hydroxyl groups excluding tert-OH is 1. The van der Waals surface area contributed by atoms with Gasteiger partial charge in [-0.2, -0.15) is 0 Å². The van der Waals surface area contributed by atoms with Gasteiger partial charge < -0.3 is 9.84 Å². The van der Waals surface area contributed by atoms with E-state index in [0.29, 0.717) is 12.8 Å². The molecule has 3 heteroatoms. The van der Waals surface area contributed by atoms with Crippen molar-refractivity contribution >= 4 is 0 Å². The van der Waals surface area contributed by atoms with E-state index in [1.54, 1.807) is 0 Å². The third-order valence-electron chi connectivity index (χ3n) is 1.52. The fourth-order valence-corrected chi connectivity index (χ4v) is 0.918. The zero-order chi connectivity index (χ0) is 8.69. The Bertz CT molecular complexity index is 80.2. The number of hydrogen-bond donors (Lipinski definition) is 1. The molecule has 1 fully saturated rings. The van der Waals surface area contributed by atoms with Crippen LogP contribution in [0.3, 0.4) is 0 Å². The van der Waals surface area contributed by atoms with E-state index >= 15 is 0 Å². The molecule has 1 heterocycles. The molecular formula is C8H17FO2. The van der Waals surface area contributed by atoms with Crippen LogP contribution in [0.15, 0.2) is 0 Å². The fraction of sp³-hybridized carbons (Fsp3) is 1.00. The minimum atomic E-state index is -0.812. The van der Waals surface area contributed by atoms with E-state index in [1.807, 2.05) is 13.8 Å². The Hall–Kier alpha value is -0.150. The topological polar surface area (TPSA) is 29.5 Å². The zero-order valence-corrected chi connectivity index (χ0v) is 7.22. The molecule has 1 aliphatic heterocycles. The summed E-state index contributed by atoms with van der Waals surface area (Å²) in [6.07, 6.45) is 0.257. The molecule has 0 aromatic heterocycles. The predicted molar refractivity (Wildman–Crippen MR) is 42.3 cm³/mol. The standard InChI is InChI=1S/C6H11FO2.C2H6/c7-5-1-2-6(3-8)9-4-5;1-2/h5-6,8H,1-4H2;1-2H3. The SMILES string of the molecule is CC.OCC1CCC(F)CO1. The number of aliphatic hydroxyl groups is 1. The molecular weight excluding hydrogens is 147 g/mol. The molecule has 1 rings (SSSR count). The quantitative estimate of drug-likeness (QED) is 0.636. The predicted octanol–water partition coefficient (Wildman–Crippen LogP) is 1.52. The molecule has 0 aromatic carbocycles. The largest absolute Gasteiger partial charge is 0.394 e. The van der Waals surface area contributed by atoms with Crippen LogP contribution in [0.25, 0.3) is 0 Å². The molecule has 1 aliphatic rings. The van der Waals surface area contributed by atoms with Crippen molar-refractivity contribution in [2.24, 2.45) is 0 Å². The van der Waals surface area contributed by atoms with Crippen LogP contribution in [0.4, 0.5) is 4.39 Å². The van der Waals surface area contributed by atoms with Crippen LogP contribution in [0.1, 0.15) is 26.7 Å². The molecule has 0 amide bonds. The summed E-state index contributed by atoms with van der Waals surface area (Å²) in [4.78, 5) is 0. The highest BCUT2D eigenvalue weighted by Gasteiger charge is 2.19. The van der Waals surface area contributed by atoms with Gasteiger partial charge in [0.2, 0.25) is 0 Å². The van der Waals surface area contributed by atoms with E-state index < -0.39 is 6.17 Å². The summed E-state index contributed by atoms with van der Waals surface area (Å²) in [5, 5.41) is 8.53. The van der Waals surface area contributed by atoms with Crippen molar-refractivity contribution in [3.05, 3.63) is 0 Å². The van der Waals surface area contributed by atoms with E-state index in [2.05, 4.69) is 0 Å². The number of hydrogen-bond acceptors (Lipinski definition) is 2. The zero-order valence-electron chi connectivity index (χ0n) is 7.22. The van der Waals surface area contributed by atoms with Crippen molar-refractivity contribution in [2.75, 3.05) is 13.2 Å². The first-order valence-corrected chi connectivity index (χ1v) is 4.19. The van der Waals surface area contributed by atoms with Crippen molar-refractivity contribution < 1.29 is 14.2 Å². The lowest BCUT2D eigenvalue weighted by Crippen LogP contribution is -2.29. The molecule has 0 aliphatic carbocycles. The fourth-order valence-electron chi connectivity index (χ4n) is 0.918. The smallest absolute Gasteiger partial charge is 0.123 e. The van der Waals surface area contributed by atoms with Gasteiger partial charge in [0.15, 0.2) is 0 Å². The van der Waals surface area contributed by atoms with Crippen molar-refractivity contribution in [1.82, 2.24) is 0 Å². The van der Waals surface area contributed by atoms with E-state index in [-0.39, 0.29) is 19.3 Å². The van der Waals surface area contributed by atoms with Crippen LogP contribution in [0.5, 0.6) is 0 Å². The average molecular weight is 164 g/mol. The summed E-state index contributed by atoms with van der Waals surface area (Å²) in [5.74, 6) is 0. The Kier molecular flexibility index (Phi) is 6.46. The number of alkyl halides is 1. The Morgan fingerprint density at radius 2 is 2.09 bits per heavy atom. The first kappa shape index (κ1) is 10.8. The second kappa shape index (κ2) is 6.55. The lowest BCUT2D eigenvalue weighted by atomic mass is 10.1. The van der Waals surface area contributed by atoms with Crippen molar-refractivity contribution in [3.8, 4) is 0 Å². The lowest BCUT2D eigenvalue weighted by Gasteiger charge is -2.22. The van der Waals surface area contributed by atoms with E-state index in [0.717, 1.165) is 0 Å². The van der Waals surface area contributed by atoms with Crippen LogP contribution < -0.4 is 0 Å². The van der Waals surface area contributed by atoms with Gasteiger partial charge in [0.1, 0.15) is 6.17 Å². The highest BCUT2D eigenvalue weighted by molar-refractivity contribution is 4.67. The van der Waals surface area contributed by atoms with Gasteiger partial charge in [0, 0.05) is 0 Å². The highest BCUT2D eigenvalue weighted by Crippen LogP contribution is 2.14. The molecule has 0 bridgehead atoms. The number of halogens is 1. The minimum Gasteiger partial charge on any atom is -0.394 e. The van der Waals surface area contributed by atoms with Gasteiger partial charge in [0.25, 0.3) is 0 Å². The number of ether oxygens (including phenoxy) is 1. The summed E-state index contributed by atoms with van der Waals surface area (Å²) in [7, 11) is 0. The maximum atomic E-state index is 12.3. The number of rotatable bonds is 1. The summed E-state index contributed by atoms with van der Waals surface area (Å²) in [6, 6.07) is 0. The first-order valence-electron chi connectivity index (χ1n) is 4.19. The molecule has 68 valence electrons. The van der Waals surface area contributed by atoms with Gasteiger partial charge in [-0.3, -0.25) is 0 Å². The molecule has 11 heavy (non-hydrogen) atoms. The van der Waals surface area contributed by atoms with E-state index in [9.17, 15) is 4.39 Å². The normalized spacial score (nSPS) is 30.5.